The zero-order chi connectivity index (χ0) is 21.1. The monoisotopic (exact) mass is 454 g/mol. The Morgan fingerprint density at radius 1 is 1.00 bits per heavy atom. The van der Waals surface area contributed by atoms with Crippen molar-refractivity contribution in [1.82, 2.24) is 14.9 Å². The first-order valence-corrected chi connectivity index (χ1v) is 9.94. The van der Waals surface area contributed by atoms with Gasteiger partial charge in [0.25, 0.3) is 0 Å². The summed E-state index contributed by atoms with van der Waals surface area (Å²) in [5.41, 5.74) is 1.10. The molecule has 1 N–H and O–H groups in total. The van der Waals surface area contributed by atoms with Gasteiger partial charge in [-0.2, -0.15) is 0 Å². The molecule has 29 heavy (non-hydrogen) atoms. The Labute approximate surface area is 184 Å². The molecule has 0 aliphatic heterocycles. The summed E-state index contributed by atoms with van der Waals surface area (Å²) in [5, 5.41) is 6.17. The summed E-state index contributed by atoms with van der Waals surface area (Å²) in [6.45, 7) is 1.53. The van der Waals surface area contributed by atoms with Crippen molar-refractivity contribution in [2.45, 2.75) is 0 Å². The van der Waals surface area contributed by atoms with Crippen LogP contribution in [-0.4, -0.2) is 56.3 Å². The Bertz CT molecular complexity index is 1020. The number of hydrogen-bond acceptors (Lipinski definition) is 6. The zero-order valence-corrected chi connectivity index (χ0v) is 18.8. The lowest BCUT2D eigenvalue weighted by Gasteiger charge is -2.17. The van der Waals surface area contributed by atoms with Gasteiger partial charge in [0.2, 0.25) is 0 Å². The minimum Gasteiger partial charge on any atom is -0.495 e. The topological polar surface area (TPSA) is 59.5 Å². The summed E-state index contributed by atoms with van der Waals surface area (Å²) < 4.78 is 10.8. The van der Waals surface area contributed by atoms with E-state index in [1.165, 1.54) is 14.2 Å². The number of benzene rings is 1. The molecule has 3 rings (SSSR count). The summed E-state index contributed by atoms with van der Waals surface area (Å²) >= 11 is 19.3. The maximum absolute atomic E-state index is 6.58. The zero-order valence-electron chi connectivity index (χ0n) is 16.5. The summed E-state index contributed by atoms with van der Waals surface area (Å²) in [5.74, 6) is 1.56. The molecule has 0 aliphatic carbocycles. The van der Waals surface area contributed by atoms with E-state index in [1.54, 1.807) is 18.3 Å². The lowest BCUT2D eigenvalue weighted by molar-refractivity contribution is 0.395. The highest BCUT2D eigenvalue weighted by atomic mass is 35.5. The summed E-state index contributed by atoms with van der Waals surface area (Å²) in [4.78, 5) is 11.1. The van der Waals surface area contributed by atoms with Gasteiger partial charge in [0, 0.05) is 41.7 Å². The fourth-order valence-electron chi connectivity index (χ4n) is 2.89. The third kappa shape index (κ3) is 4.61. The highest BCUT2D eigenvalue weighted by Gasteiger charge is 2.21. The average Bonchev–Trinajstić information content (AvgIpc) is 2.68. The van der Waals surface area contributed by atoms with Crippen LogP contribution in [0.2, 0.25) is 15.2 Å². The molecule has 0 fully saturated rings. The van der Waals surface area contributed by atoms with Crippen LogP contribution in [0.25, 0.3) is 22.0 Å². The number of hydrogen-bond donors (Lipinski definition) is 1. The Morgan fingerprint density at radius 3 is 2.24 bits per heavy atom. The molecule has 0 unspecified atom stereocenters. The van der Waals surface area contributed by atoms with Crippen LogP contribution in [0, 0.1) is 0 Å². The Hall–Kier alpha value is -1.99. The van der Waals surface area contributed by atoms with E-state index in [0.29, 0.717) is 50.3 Å². The van der Waals surface area contributed by atoms with Crippen LogP contribution >= 0.6 is 34.8 Å². The van der Waals surface area contributed by atoms with Crippen molar-refractivity contribution in [2.24, 2.45) is 0 Å². The standard InChI is InChI=1S/C20H21Cl3N4O2/c1-27(2)6-5-24-20-12-8-16(21)25-10-11(12)7-13(26-20)17-18(22)14(28-3)9-15(29-4)19(17)23/h7-10H,5-6H2,1-4H3,(H,24,26). The third-order valence-electron chi connectivity index (χ3n) is 4.36. The highest BCUT2D eigenvalue weighted by Crippen LogP contribution is 2.46. The summed E-state index contributed by atoms with van der Waals surface area (Å²) in [6.07, 6.45) is 1.69. The molecule has 154 valence electrons. The average molecular weight is 456 g/mol. The van der Waals surface area contributed by atoms with Gasteiger partial charge in [0.15, 0.2) is 0 Å². The minimum atomic E-state index is 0.353. The smallest absolute Gasteiger partial charge is 0.141 e. The number of rotatable bonds is 7. The maximum Gasteiger partial charge on any atom is 0.141 e. The number of nitrogens with one attached hydrogen (secondary N) is 1. The first-order chi connectivity index (χ1) is 13.8. The van der Waals surface area contributed by atoms with Gasteiger partial charge in [-0.05, 0) is 26.2 Å². The van der Waals surface area contributed by atoms with Gasteiger partial charge in [0.1, 0.15) is 22.5 Å². The quantitative estimate of drug-likeness (QED) is 0.491. The summed E-state index contributed by atoms with van der Waals surface area (Å²) in [6, 6.07) is 5.29. The van der Waals surface area contributed by atoms with Gasteiger partial charge in [-0.1, -0.05) is 34.8 Å². The van der Waals surface area contributed by atoms with E-state index < -0.39 is 0 Å². The van der Waals surface area contributed by atoms with Crippen LogP contribution < -0.4 is 14.8 Å². The largest absolute Gasteiger partial charge is 0.495 e. The number of halogens is 3. The number of aromatic nitrogens is 2. The van der Waals surface area contributed by atoms with Crippen LogP contribution in [0.1, 0.15) is 0 Å². The van der Waals surface area contributed by atoms with Crippen LogP contribution in [0.15, 0.2) is 24.4 Å². The van der Waals surface area contributed by atoms with Gasteiger partial charge in [-0.3, -0.25) is 0 Å². The lowest BCUT2D eigenvalue weighted by atomic mass is 10.1. The molecule has 0 spiro atoms. The molecule has 9 heteroatoms. The first-order valence-electron chi connectivity index (χ1n) is 8.81. The molecule has 0 bridgehead atoms. The lowest BCUT2D eigenvalue weighted by Crippen LogP contribution is -2.21. The molecule has 0 amide bonds. The Morgan fingerprint density at radius 2 is 1.66 bits per heavy atom. The Balaban J connectivity index is 2.21. The SMILES string of the molecule is COc1cc(OC)c(Cl)c(-c2cc3cnc(Cl)cc3c(NCCN(C)C)n2)c1Cl. The second-order valence-corrected chi connectivity index (χ2v) is 7.74. The van der Waals surface area contributed by atoms with E-state index >= 15 is 0 Å². The van der Waals surface area contributed by atoms with Crippen molar-refractivity contribution in [2.75, 3.05) is 46.7 Å². The molecule has 0 radical (unpaired) electrons. The predicted molar refractivity (Wildman–Crippen MR) is 120 cm³/mol. The van der Waals surface area contributed by atoms with E-state index in [1.807, 2.05) is 20.2 Å². The molecular weight excluding hydrogens is 435 g/mol. The number of pyridine rings is 2. The number of nitrogens with zero attached hydrogens (tertiary/aromatic N) is 3. The fourth-order valence-corrected chi connectivity index (χ4v) is 3.74. The number of ether oxygens (including phenoxy) is 2. The number of anilines is 1. The van der Waals surface area contributed by atoms with E-state index in [9.17, 15) is 0 Å². The van der Waals surface area contributed by atoms with E-state index in [0.717, 1.165) is 17.3 Å². The molecule has 0 aliphatic rings. The minimum absolute atomic E-state index is 0.353. The van der Waals surface area contributed by atoms with Crippen molar-refractivity contribution in [3.8, 4) is 22.8 Å². The first kappa shape index (κ1) is 21.7. The van der Waals surface area contributed by atoms with Gasteiger partial charge < -0.3 is 19.7 Å². The van der Waals surface area contributed by atoms with Crippen molar-refractivity contribution in [3.63, 3.8) is 0 Å². The predicted octanol–water partition coefficient (Wildman–Crippen LogP) is 5.25. The molecule has 0 atom stereocenters. The van der Waals surface area contributed by atoms with Gasteiger partial charge in [-0.15, -0.1) is 0 Å². The van der Waals surface area contributed by atoms with Crippen molar-refractivity contribution in [1.29, 1.82) is 0 Å². The molecule has 2 aromatic heterocycles. The highest BCUT2D eigenvalue weighted by molar-refractivity contribution is 6.41. The van der Waals surface area contributed by atoms with Crippen molar-refractivity contribution in [3.05, 3.63) is 39.6 Å². The fraction of sp³-hybridized carbons (Fsp3) is 0.300. The van der Waals surface area contributed by atoms with Crippen LogP contribution in [0.5, 0.6) is 11.5 Å². The van der Waals surface area contributed by atoms with Gasteiger partial charge >= 0.3 is 0 Å². The molecule has 6 nitrogen and oxygen atoms in total. The molecule has 2 heterocycles. The van der Waals surface area contributed by atoms with Gasteiger partial charge in [-0.25, -0.2) is 9.97 Å². The molecule has 3 aromatic rings. The molecule has 0 saturated heterocycles. The van der Waals surface area contributed by atoms with Crippen molar-refractivity contribution < 1.29 is 9.47 Å². The van der Waals surface area contributed by atoms with Crippen LogP contribution in [0.4, 0.5) is 5.82 Å². The third-order valence-corrected chi connectivity index (χ3v) is 5.32. The number of likely N-dealkylation sites (N-methyl/N-ethyl adjacent to an activating group) is 1. The maximum atomic E-state index is 6.58. The van der Waals surface area contributed by atoms with Crippen LogP contribution in [0.3, 0.4) is 0 Å². The van der Waals surface area contributed by atoms with Gasteiger partial charge in [0.05, 0.1) is 30.0 Å². The number of methoxy groups -OCH3 is 2. The Kier molecular flexibility index (Phi) is 6.90. The van der Waals surface area contributed by atoms with E-state index in [4.69, 9.17) is 49.3 Å². The normalized spacial score (nSPS) is 11.2. The van der Waals surface area contributed by atoms with Crippen molar-refractivity contribution >= 4 is 51.4 Å². The number of fused-ring (bicyclic) bond motifs is 1. The van der Waals surface area contributed by atoms with E-state index in [-0.39, 0.29) is 0 Å². The molecule has 0 saturated carbocycles. The summed E-state index contributed by atoms with van der Waals surface area (Å²) in [7, 11) is 7.08. The van der Waals surface area contributed by atoms with Crippen LogP contribution in [-0.2, 0) is 0 Å². The second kappa shape index (κ2) is 9.22. The van der Waals surface area contributed by atoms with E-state index in [2.05, 4.69) is 15.2 Å². The molecule has 1 aromatic carbocycles. The second-order valence-electron chi connectivity index (χ2n) is 6.60. The molecular formula is C20H21Cl3N4O2.